The van der Waals surface area contributed by atoms with Gasteiger partial charge in [0.15, 0.2) is 5.78 Å². The van der Waals surface area contributed by atoms with Crippen LogP contribution in [0.2, 0.25) is 0 Å². The van der Waals surface area contributed by atoms with Crippen LogP contribution in [-0.2, 0) is 6.42 Å². The second-order valence-electron chi connectivity index (χ2n) is 5.07. The fourth-order valence-electron chi connectivity index (χ4n) is 2.78. The van der Waals surface area contributed by atoms with Crippen molar-refractivity contribution < 1.29 is 4.79 Å². The molecule has 0 heterocycles. The molecule has 1 aliphatic carbocycles. The quantitative estimate of drug-likeness (QED) is 0.728. The van der Waals surface area contributed by atoms with Crippen LogP contribution in [0.3, 0.4) is 0 Å². The number of Topliss-reactive ketones (excluding diaryl/α,β-unsaturated/α-hetero) is 1. The largest absolute Gasteiger partial charge is 0.294 e. The summed E-state index contributed by atoms with van der Waals surface area (Å²) in [7, 11) is 0. The molecule has 0 unspecified atom stereocenters. The molecule has 2 aromatic carbocycles. The van der Waals surface area contributed by atoms with Gasteiger partial charge in [-0.15, -0.1) is 0 Å². The summed E-state index contributed by atoms with van der Waals surface area (Å²) in [6.45, 7) is 4.22. The van der Waals surface area contributed by atoms with Gasteiger partial charge in [0.2, 0.25) is 0 Å². The normalized spacial score (nSPS) is 13.8. The second kappa shape index (κ2) is 4.09. The molecule has 0 N–H and O–H groups in total. The van der Waals surface area contributed by atoms with Gasteiger partial charge < -0.3 is 0 Å². The van der Waals surface area contributed by atoms with E-state index in [9.17, 15) is 4.79 Å². The molecule has 0 saturated heterocycles. The number of carbonyl (C=O) groups excluding carboxylic acids is 1. The molecule has 0 bridgehead atoms. The third-order valence-corrected chi connectivity index (χ3v) is 3.76. The first-order valence-corrected chi connectivity index (χ1v) is 6.39. The van der Waals surface area contributed by atoms with Gasteiger partial charge in [-0.3, -0.25) is 4.79 Å². The van der Waals surface area contributed by atoms with E-state index in [0.717, 1.165) is 12.0 Å². The van der Waals surface area contributed by atoms with E-state index >= 15 is 0 Å². The minimum Gasteiger partial charge on any atom is -0.294 e. The predicted molar refractivity (Wildman–Crippen MR) is 74.0 cm³/mol. The molecule has 0 aromatic heterocycles. The average molecular weight is 236 g/mol. The SMILES string of the molecule is Cc1ccc(-c2c(C)ccc3c2CCC3=O)cc1. The summed E-state index contributed by atoms with van der Waals surface area (Å²) in [6, 6.07) is 12.6. The highest BCUT2D eigenvalue weighted by Gasteiger charge is 2.23. The Morgan fingerprint density at radius 3 is 2.33 bits per heavy atom. The average Bonchev–Trinajstić information content (AvgIpc) is 2.73. The number of benzene rings is 2. The Hall–Kier alpha value is -1.89. The number of hydrogen-bond donors (Lipinski definition) is 0. The van der Waals surface area contributed by atoms with Gasteiger partial charge in [-0.2, -0.15) is 0 Å². The predicted octanol–water partition coefficient (Wildman–Crippen LogP) is 4.10. The van der Waals surface area contributed by atoms with Gasteiger partial charge in [-0.05, 0) is 42.5 Å². The van der Waals surface area contributed by atoms with Crippen LogP contribution in [-0.4, -0.2) is 5.78 Å². The fraction of sp³-hybridized carbons (Fsp3) is 0.235. The van der Waals surface area contributed by atoms with Crippen LogP contribution in [0, 0.1) is 13.8 Å². The van der Waals surface area contributed by atoms with E-state index < -0.39 is 0 Å². The highest BCUT2D eigenvalue weighted by atomic mass is 16.1. The van der Waals surface area contributed by atoms with Crippen molar-refractivity contribution in [3.05, 3.63) is 58.7 Å². The lowest BCUT2D eigenvalue weighted by molar-refractivity contribution is 0.0994. The van der Waals surface area contributed by atoms with E-state index in [1.165, 1.54) is 27.8 Å². The third-order valence-electron chi connectivity index (χ3n) is 3.76. The summed E-state index contributed by atoms with van der Waals surface area (Å²) in [5.74, 6) is 0.290. The molecular weight excluding hydrogens is 220 g/mol. The summed E-state index contributed by atoms with van der Waals surface area (Å²) >= 11 is 0. The van der Waals surface area contributed by atoms with Crippen LogP contribution in [0.15, 0.2) is 36.4 Å². The molecule has 1 heteroatoms. The first kappa shape index (κ1) is 11.2. The van der Waals surface area contributed by atoms with Gasteiger partial charge in [0.25, 0.3) is 0 Å². The van der Waals surface area contributed by atoms with Crippen LogP contribution in [0.5, 0.6) is 0 Å². The molecule has 2 aromatic rings. The van der Waals surface area contributed by atoms with Crippen molar-refractivity contribution in [1.82, 2.24) is 0 Å². The maximum absolute atomic E-state index is 11.8. The highest BCUT2D eigenvalue weighted by molar-refractivity contribution is 6.02. The summed E-state index contributed by atoms with van der Waals surface area (Å²) in [4.78, 5) is 11.8. The molecule has 1 nitrogen and oxygen atoms in total. The van der Waals surface area contributed by atoms with Crippen LogP contribution in [0.1, 0.15) is 33.5 Å². The molecule has 90 valence electrons. The zero-order valence-electron chi connectivity index (χ0n) is 10.8. The number of carbonyl (C=O) groups is 1. The van der Waals surface area contributed by atoms with Crippen molar-refractivity contribution in [2.45, 2.75) is 26.7 Å². The van der Waals surface area contributed by atoms with Crippen molar-refractivity contribution in [3.8, 4) is 11.1 Å². The van der Waals surface area contributed by atoms with Crippen molar-refractivity contribution in [2.75, 3.05) is 0 Å². The van der Waals surface area contributed by atoms with E-state index in [-0.39, 0.29) is 0 Å². The van der Waals surface area contributed by atoms with Crippen LogP contribution >= 0.6 is 0 Å². The van der Waals surface area contributed by atoms with Crippen molar-refractivity contribution >= 4 is 5.78 Å². The Balaban J connectivity index is 2.23. The molecule has 3 rings (SSSR count). The van der Waals surface area contributed by atoms with Crippen molar-refractivity contribution in [3.63, 3.8) is 0 Å². The van der Waals surface area contributed by atoms with Gasteiger partial charge in [0, 0.05) is 12.0 Å². The van der Waals surface area contributed by atoms with Crippen LogP contribution < -0.4 is 0 Å². The van der Waals surface area contributed by atoms with Crippen LogP contribution in [0.25, 0.3) is 11.1 Å². The summed E-state index contributed by atoms with van der Waals surface area (Å²) in [5, 5.41) is 0. The molecule has 18 heavy (non-hydrogen) atoms. The smallest absolute Gasteiger partial charge is 0.163 e. The van der Waals surface area contributed by atoms with Gasteiger partial charge >= 0.3 is 0 Å². The molecule has 0 amide bonds. The number of fused-ring (bicyclic) bond motifs is 1. The monoisotopic (exact) mass is 236 g/mol. The summed E-state index contributed by atoms with van der Waals surface area (Å²) < 4.78 is 0. The van der Waals surface area contributed by atoms with Gasteiger partial charge in [-0.1, -0.05) is 42.0 Å². The molecule has 0 saturated carbocycles. The lowest BCUT2D eigenvalue weighted by Crippen LogP contribution is -1.95. The van der Waals surface area contributed by atoms with Crippen LogP contribution in [0.4, 0.5) is 0 Å². The summed E-state index contributed by atoms with van der Waals surface area (Å²) in [5.41, 5.74) is 7.18. The lowest BCUT2D eigenvalue weighted by Gasteiger charge is -2.12. The Kier molecular flexibility index (Phi) is 2.55. The number of ketones is 1. The fourth-order valence-corrected chi connectivity index (χ4v) is 2.78. The molecular formula is C17H16O. The first-order valence-electron chi connectivity index (χ1n) is 6.39. The van der Waals surface area contributed by atoms with E-state index in [2.05, 4.69) is 44.2 Å². The van der Waals surface area contributed by atoms with Gasteiger partial charge in [0.1, 0.15) is 0 Å². The Morgan fingerprint density at radius 1 is 0.889 bits per heavy atom. The summed E-state index contributed by atoms with van der Waals surface area (Å²) in [6.07, 6.45) is 1.55. The third kappa shape index (κ3) is 1.67. The lowest BCUT2D eigenvalue weighted by atomic mass is 9.92. The maximum Gasteiger partial charge on any atom is 0.163 e. The van der Waals surface area contributed by atoms with E-state index in [4.69, 9.17) is 0 Å². The van der Waals surface area contributed by atoms with Gasteiger partial charge in [0.05, 0.1) is 0 Å². The molecule has 0 radical (unpaired) electrons. The molecule has 0 spiro atoms. The molecule has 0 atom stereocenters. The highest BCUT2D eigenvalue weighted by Crippen LogP contribution is 2.35. The van der Waals surface area contributed by atoms with Crippen molar-refractivity contribution in [2.24, 2.45) is 0 Å². The Morgan fingerprint density at radius 2 is 1.61 bits per heavy atom. The minimum atomic E-state index is 0.290. The molecule has 0 fully saturated rings. The number of hydrogen-bond acceptors (Lipinski definition) is 1. The first-order chi connectivity index (χ1) is 8.66. The van der Waals surface area contributed by atoms with E-state index in [0.29, 0.717) is 12.2 Å². The van der Waals surface area contributed by atoms with E-state index in [1.807, 2.05) is 6.07 Å². The number of aryl methyl sites for hydroxylation is 2. The van der Waals surface area contributed by atoms with Crippen molar-refractivity contribution in [1.29, 1.82) is 0 Å². The second-order valence-corrected chi connectivity index (χ2v) is 5.07. The molecule has 1 aliphatic rings. The van der Waals surface area contributed by atoms with E-state index in [1.54, 1.807) is 0 Å². The topological polar surface area (TPSA) is 17.1 Å². The zero-order chi connectivity index (χ0) is 12.7. The Bertz CT molecular complexity index is 621. The Labute approximate surface area is 107 Å². The van der Waals surface area contributed by atoms with Gasteiger partial charge in [-0.25, -0.2) is 0 Å². The number of rotatable bonds is 1. The standard InChI is InChI=1S/C17H16O/c1-11-3-6-13(7-4-11)17-12(2)5-8-14-15(17)9-10-16(14)18/h3-8H,9-10H2,1-2H3. The minimum absolute atomic E-state index is 0.290. The molecule has 0 aliphatic heterocycles. The zero-order valence-corrected chi connectivity index (χ0v) is 10.8. The maximum atomic E-state index is 11.8.